The lowest BCUT2D eigenvalue weighted by atomic mass is 10.0. The summed E-state index contributed by atoms with van der Waals surface area (Å²) in [5.74, 6) is -2.21. The molecule has 1 aliphatic heterocycles. The van der Waals surface area contributed by atoms with Crippen LogP contribution in [0.3, 0.4) is 0 Å². The summed E-state index contributed by atoms with van der Waals surface area (Å²) in [5, 5.41) is 17.5. The number of rotatable bonds is 2. The third-order valence-corrected chi connectivity index (χ3v) is 3.66. The largest absolute Gasteiger partial charge is 0.481 e. The monoisotopic (exact) mass is 194 g/mol. The van der Waals surface area contributed by atoms with E-state index < -0.39 is 27.8 Å². The first-order valence-corrected chi connectivity index (χ1v) is 5.33. The standard InChI is InChI=1S/C6H10O5S/c7-5-3-12(10,11)2-4(5)1-6(8)9/h4-5,7H,1-3H2,(H,8,9)/t4-,5-/m0/s1. The van der Waals surface area contributed by atoms with E-state index in [1.165, 1.54) is 0 Å². The van der Waals surface area contributed by atoms with Crippen molar-refractivity contribution in [3.05, 3.63) is 0 Å². The Hall–Kier alpha value is -0.620. The first-order chi connectivity index (χ1) is 5.41. The Kier molecular flexibility index (Phi) is 2.39. The average Bonchev–Trinajstić information content (AvgIpc) is 2.03. The fourth-order valence-electron chi connectivity index (χ4n) is 1.32. The topological polar surface area (TPSA) is 91.7 Å². The Morgan fingerprint density at radius 1 is 1.42 bits per heavy atom. The van der Waals surface area contributed by atoms with Crippen LogP contribution in [0.25, 0.3) is 0 Å². The SMILES string of the molecule is O=C(O)C[C@H]1CS(=O)(=O)C[C@@H]1O. The van der Waals surface area contributed by atoms with Gasteiger partial charge in [0.15, 0.2) is 9.84 Å². The second-order valence-corrected chi connectivity index (χ2v) is 5.16. The molecule has 0 aromatic rings. The van der Waals surface area contributed by atoms with Crippen LogP contribution in [0.4, 0.5) is 0 Å². The van der Waals surface area contributed by atoms with Gasteiger partial charge in [0.05, 0.1) is 24.0 Å². The number of carbonyl (C=O) groups is 1. The summed E-state index contributed by atoms with van der Waals surface area (Å²) in [6.07, 6.45) is -1.29. The van der Waals surface area contributed by atoms with Gasteiger partial charge in [-0.2, -0.15) is 0 Å². The van der Waals surface area contributed by atoms with E-state index in [1.54, 1.807) is 0 Å². The molecule has 1 aliphatic rings. The number of carboxylic acid groups (broad SMARTS) is 1. The maximum absolute atomic E-state index is 10.9. The van der Waals surface area contributed by atoms with Crippen molar-refractivity contribution in [3.8, 4) is 0 Å². The highest BCUT2D eigenvalue weighted by Crippen LogP contribution is 2.21. The predicted octanol–water partition coefficient (Wildman–Crippen LogP) is -1.13. The molecular formula is C6H10O5S. The third kappa shape index (κ3) is 2.18. The van der Waals surface area contributed by atoms with Gasteiger partial charge < -0.3 is 10.2 Å². The smallest absolute Gasteiger partial charge is 0.303 e. The lowest BCUT2D eigenvalue weighted by Gasteiger charge is -2.07. The van der Waals surface area contributed by atoms with Crippen molar-refractivity contribution in [1.82, 2.24) is 0 Å². The van der Waals surface area contributed by atoms with Crippen LogP contribution in [0.1, 0.15) is 6.42 Å². The van der Waals surface area contributed by atoms with Crippen LogP contribution >= 0.6 is 0 Å². The Bertz CT molecular complexity index is 280. The molecule has 1 fully saturated rings. The highest BCUT2D eigenvalue weighted by Gasteiger charge is 2.37. The fourth-order valence-corrected chi connectivity index (χ4v) is 3.24. The van der Waals surface area contributed by atoms with E-state index in [-0.39, 0.29) is 17.9 Å². The molecule has 5 nitrogen and oxygen atoms in total. The Morgan fingerprint density at radius 2 is 2.00 bits per heavy atom. The normalized spacial score (nSPS) is 33.4. The summed E-state index contributed by atoms with van der Waals surface area (Å²) in [7, 11) is -3.20. The number of aliphatic hydroxyl groups is 1. The van der Waals surface area contributed by atoms with Crippen LogP contribution in [-0.2, 0) is 14.6 Å². The van der Waals surface area contributed by atoms with Gasteiger partial charge in [-0.3, -0.25) is 4.79 Å². The molecular weight excluding hydrogens is 184 g/mol. The summed E-state index contributed by atoms with van der Waals surface area (Å²) in [6, 6.07) is 0. The van der Waals surface area contributed by atoms with Crippen molar-refractivity contribution in [2.45, 2.75) is 12.5 Å². The molecule has 0 aromatic carbocycles. The van der Waals surface area contributed by atoms with E-state index in [4.69, 9.17) is 10.2 Å². The van der Waals surface area contributed by atoms with Crippen LogP contribution in [0.15, 0.2) is 0 Å². The lowest BCUT2D eigenvalue weighted by molar-refractivity contribution is -0.138. The molecule has 0 aromatic heterocycles. The predicted molar refractivity (Wildman–Crippen MR) is 40.4 cm³/mol. The van der Waals surface area contributed by atoms with E-state index in [0.717, 1.165) is 0 Å². The zero-order valence-electron chi connectivity index (χ0n) is 6.30. The second kappa shape index (κ2) is 3.02. The summed E-state index contributed by atoms with van der Waals surface area (Å²) in [4.78, 5) is 10.2. The minimum absolute atomic E-state index is 0.208. The van der Waals surface area contributed by atoms with E-state index in [0.29, 0.717) is 0 Å². The Balaban J connectivity index is 2.64. The van der Waals surface area contributed by atoms with Crippen LogP contribution < -0.4 is 0 Å². The molecule has 12 heavy (non-hydrogen) atoms. The van der Waals surface area contributed by atoms with Crippen molar-refractivity contribution in [1.29, 1.82) is 0 Å². The van der Waals surface area contributed by atoms with Gasteiger partial charge in [0.25, 0.3) is 0 Å². The maximum Gasteiger partial charge on any atom is 0.303 e. The molecule has 70 valence electrons. The molecule has 0 unspecified atom stereocenters. The fraction of sp³-hybridized carbons (Fsp3) is 0.833. The molecule has 0 bridgehead atoms. The van der Waals surface area contributed by atoms with Crippen molar-refractivity contribution in [2.24, 2.45) is 5.92 Å². The molecule has 1 saturated heterocycles. The molecule has 2 N–H and O–H groups in total. The van der Waals surface area contributed by atoms with Gasteiger partial charge in [0.2, 0.25) is 0 Å². The number of aliphatic hydroxyl groups excluding tert-OH is 1. The Labute approximate surface area is 69.9 Å². The van der Waals surface area contributed by atoms with Gasteiger partial charge in [-0.1, -0.05) is 0 Å². The molecule has 0 radical (unpaired) electrons. The first-order valence-electron chi connectivity index (χ1n) is 3.51. The van der Waals surface area contributed by atoms with Gasteiger partial charge in [0, 0.05) is 5.92 Å². The quantitative estimate of drug-likeness (QED) is 0.580. The van der Waals surface area contributed by atoms with Crippen molar-refractivity contribution >= 4 is 15.8 Å². The van der Waals surface area contributed by atoms with Crippen LogP contribution in [0, 0.1) is 5.92 Å². The molecule has 1 heterocycles. The highest BCUT2D eigenvalue weighted by atomic mass is 32.2. The van der Waals surface area contributed by atoms with Gasteiger partial charge in [-0.05, 0) is 0 Å². The van der Waals surface area contributed by atoms with Crippen molar-refractivity contribution in [3.63, 3.8) is 0 Å². The van der Waals surface area contributed by atoms with Crippen LogP contribution in [0.5, 0.6) is 0 Å². The van der Waals surface area contributed by atoms with Crippen LogP contribution in [0.2, 0.25) is 0 Å². The van der Waals surface area contributed by atoms with Crippen molar-refractivity contribution < 1.29 is 23.4 Å². The molecule has 0 spiro atoms. The third-order valence-electron chi connectivity index (χ3n) is 1.87. The number of hydrogen-bond donors (Lipinski definition) is 2. The van der Waals surface area contributed by atoms with Crippen LogP contribution in [-0.4, -0.2) is 42.2 Å². The molecule has 2 atom stereocenters. The first kappa shape index (κ1) is 9.47. The molecule has 6 heteroatoms. The van der Waals surface area contributed by atoms with E-state index >= 15 is 0 Å². The second-order valence-electron chi connectivity index (χ2n) is 3.00. The summed E-state index contributed by atoms with van der Waals surface area (Å²) in [6.45, 7) is 0. The minimum atomic E-state index is -3.20. The van der Waals surface area contributed by atoms with Gasteiger partial charge in [0.1, 0.15) is 0 Å². The lowest BCUT2D eigenvalue weighted by Crippen LogP contribution is -2.20. The van der Waals surface area contributed by atoms with Gasteiger partial charge in [-0.25, -0.2) is 8.42 Å². The zero-order chi connectivity index (χ0) is 9.35. The van der Waals surface area contributed by atoms with E-state index in [1.807, 2.05) is 0 Å². The zero-order valence-corrected chi connectivity index (χ0v) is 7.12. The molecule has 1 rings (SSSR count). The Morgan fingerprint density at radius 3 is 2.33 bits per heavy atom. The number of aliphatic carboxylic acids is 1. The van der Waals surface area contributed by atoms with Gasteiger partial charge in [-0.15, -0.1) is 0 Å². The highest BCUT2D eigenvalue weighted by molar-refractivity contribution is 7.91. The summed E-state index contributed by atoms with van der Waals surface area (Å²) in [5.41, 5.74) is 0. The van der Waals surface area contributed by atoms with Crippen molar-refractivity contribution in [2.75, 3.05) is 11.5 Å². The number of sulfone groups is 1. The number of carboxylic acids is 1. The molecule has 0 aliphatic carbocycles. The average molecular weight is 194 g/mol. The maximum atomic E-state index is 10.9. The summed E-state index contributed by atoms with van der Waals surface area (Å²) >= 11 is 0. The number of hydrogen-bond acceptors (Lipinski definition) is 4. The molecule has 0 amide bonds. The van der Waals surface area contributed by atoms with Gasteiger partial charge >= 0.3 is 5.97 Å². The minimum Gasteiger partial charge on any atom is -0.481 e. The van der Waals surface area contributed by atoms with E-state index in [9.17, 15) is 13.2 Å². The van der Waals surface area contributed by atoms with E-state index in [2.05, 4.69) is 0 Å². The molecule has 0 saturated carbocycles. The summed E-state index contributed by atoms with van der Waals surface area (Å²) < 4.78 is 21.8.